The number of aromatic nitrogens is 4. The standard InChI is InChI=1S/C17H19N5OS3/c1-10-4-5-11-13(9-10)26-16(18-11)19-14(23)6-7-22-15(20-21-17(22)24)12-3-2-8-25-12/h2-3,8,10H,4-7,9H2,1H3,(H,21,24)(H,18,19,23). The molecule has 2 N–H and O–H groups in total. The van der Waals surface area contributed by atoms with Crippen molar-refractivity contribution in [1.82, 2.24) is 19.7 Å². The second-order valence-electron chi connectivity index (χ2n) is 6.52. The lowest BCUT2D eigenvalue weighted by atomic mass is 9.93. The number of fused-ring (bicyclic) bond motifs is 1. The summed E-state index contributed by atoms with van der Waals surface area (Å²) >= 11 is 8.51. The van der Waals surface area contributed by atoms with E-state index in [1.54, 1.807) is 22.7 Å². The van der Waals surface area contributed by atoms with Crippen LogP contribution in [0.3, 0.4) is 0 Å². The van der Waals surface area contributed by atoms with Crippen LogP contribution in [-0.2, 0) is 24.2 Å². The minimum Gasteiger partial charge on any atom is -0.302 e. The Kier molecular flexibility index (Phi) is 5.01. The number of thiazole rings is 1. The zero-order valence-corrected chi connectivity index (χ0v) is 16.8. The van der Waals surface area contributed by atoms with Gasteiger partial charge >= 0.3 is 0 Å². The first-order valence-electron chi connectivity index (χ1n) is 8.57. The molecule has 26 heavy (non-hydrogen) atoms. The van der Waals surface area contributed by atoms with Crippen LogP contribution in [0.4, 0.5) is 5.13 Å². The van der Waals surface area contributed by atoms with Gasteiger partial charge in [0.05, 0.1) is 10.6 Å². The second-order valence-corrected chi connectivity index (χ2v) is 8.93. The van der Waals surface area contributed by atoms with Crippen LogP contribution in [0.2, 0.25) is 0 Å². The molecule has 0 bridgehead atoms. The Labute approximate surface area is 164 Å². The van der Waals surface area contributed by atoms with E-state index in [1.807, 2.05) is 22.1 Å². The van der Waals surface area contributed by atoms with Crippen LogP contribution in [0.5, 0.6) is 0 Å². The van der Waals surface area contributed by atoms with Gasteiger partial charge in [0.1, 0.15) is 0 Å². The maximum Gasteiger partial charge on any atom is 0.227 e. The fourth-order valence-corrected chi connectivity index (χ4v) is 5.24. The van der Waals surface area contributed by atoms with Crippen LogP contribution in [0, 0.1) is 10.7 Å². The molecule has 3 heterocycles. The van der Waals surface area contributed by atoms with E-state index < -0.39 is 0 Å². The smallest absolute Gasteiger partial charge is 0.227 e. The first-order valence-corrected chi connectivity index (χ1v) is 10.7. The molecule has 1 aliphatic carbocycles. The summed E-state index contributed by atoms with van der Waals surface area (Å²) in [5.41, 5.74) is 1.15. The molecule has 0 saturated heterocycles. The molecule has 0 aliphatic heterocycles. The summed E-state index contributed by atoms with van der Waals surface area (Å²) in [7, 11) is 0. The number of anilines is 1. The van der Waals surface area contributed by atoms with Gasteiger partial charge in [-0.25, -0.2) is 4.98 Å². The highest BCUT2D eigenvalue weighted by Crippen LogP contribution is 2.32. The van der Waals surface area contributed by atoms with Crippen molar-refractivity contribution in [3.05, 3.63) is 32.9 Å². The third-order valence-electron chi connectivity index (χ3n) is 4.49. The topological polar surface area (TPSA) is 75.6 Å². The maximum absolute atomic E-state index is 12.4. The Morgan fingerprint density at radius 1 is 1.54 bits per heavy atom. The molecule has 136 valence electrons. The molecule has 4 rings (SSSR count). The van der Waals surface area contributed by atoms with Gasteiger partial charge in [-0.3, -0.25) is 14.5 Å². The number of aromatic amines is 1. The van der Waals surface area contributed by atoms with Crippen LogP contribution in [0.25, 0.3) is 10.7 Å². The predicted octanol–water partition coefficient (Wildman–Crippen LogP) is 4.28. The van der Waals surface area contributed by atoms with Crippen LogP contribution >= 0.6 is 34.9 Å². The molecule has 3 aromatic rings. The summed E-state index contributed by atoms with van der Waals surface area (Å²) in [6.45, 7) is 2.75. The number of hydrogen-bond donors (Lipinski definition) is 2. The van der Waals surface area contributed by atoms with Crippen LogP contribution in [-0.4, -0.2) is 25.7 Å². The lowest BCUT2D eigenvalue weighted by Gasteiger charge is -2.15. The number of carbonyl (C=O) groups excluding carboxylic acids is 1. The molecule has 1 atom stereocenters. The normalized spacial score (nSPS) is 16.4. The molecule has 1 aliphatic rings. The average molecular weight is 406 g/mol. The van der Waals surface area contributed by atoms with E-state index in [0.29, 0.717) is 28.8 Å². The third-order valence-corrected chi connectivity index (χ3v) is 6.71. The van der Waals surface area contributed by atoms with E-state index in [2.05, 4.69) is 27.4 Å². The first-order chi connectivity index (χ1) is 12.6. The average Bonchev–Trinajstić information content (AvgIpc) is 3.32. The van der Waals surface area contributed by atoms with Crippen molar-refractivity contribution in [3.8, 4) is 10.7 Å². The molecule has 0 aromatic carbocycles. The van der Waals surface area contributed by atoms with Crippen molar-refractivity contribution in [2.45, 2.75) is 39.2 Å². The van der Waals surface area contributed by atoms with Crippen molar-refractivity contribution < 1.29 is 4.79 Å². The molecule has 1 amide bonds. The van der Waals surface area contributed by atoms with Gasteiger partial charge in [0.15, 0.2) is 15.7 Å². The van der Waals surface area contributed by atoms with Crippen LogP contribution < -0.4 is 5.32 Å². The van der Waals surface area contributed by atoms with Gasteiger partial charge in [0.25, 0.3) is 0 Å². The number of carbonyl (C=O) groups is 1. The number of rotatable bonds is 5. The van der Waals surface area contributed by atoms with E-state index in [1.165, 1.54) is 11.3 Å². The van der Waals surface area contributed by atoms with Crippen molar-refractivity contribution in [3.63, 3.8) is 0 Å². The minimum atomic E-state index is -0.0515. The first kappa shape index (κ1) is 17.6. The van der Waals surface area contributed by atoms with Gasteiger partial charge in [-0.1, -0.05) is 13.0 Å². The quantitative estimate of drug-likeness (QED) is 0.621. The van der Waals surface area contributed by atoms with E-state index in [-0.39, 0.29) is 5.91 Å². The van der Waals surface area contributed by atoms with E-state index in [9.17, 15) is 4.79 Å². The molecule has 1 unspecified atom stereocenters. The number of nitrogens with zero attached hydrogens (tertiary/aromatic N) is 3. The summed E-state index contributed by atoms with van der Waals surface area (Å²) in [5.74, 6) is 1.42. The Bertz CT molecular complexity index is 969. The van der Waals surface area contributed by atoms with E-state index in [0.717, 1.165) is 29.2 Å². The number of aryl methyl sites for hydroxylation is 1. The zero-order valence-electron chi connectivity index (χ0n) is 14.3. The summed E-state index contributed by atoms with van der Waals surface area (Å²) in [6.07, 6.45) is 3.58. The molecule has 3 aromatic heterocycles. The predicted molar refractivity (Wildman–Crippen MR) is 107 cm³/mol. The third kappa shape index (κ3) is 3.65. The highest BCUT2D eigenvalue weighted by atomic mass is 32.1. The monoisotopic (exact) mass is 405 g/mol. The van der Waals surface area contributed by atoms with Gasteiger partial charge in [0.2, 0.25) is 5.91 Å². The zero-order chi connectivity index (χ0) is 18.1. The fourth-order valence-electron chi connectivity index (χ4n) is 3.11. The Morgan fingerprint density at radius 3 is 3.23 bits per heavy atom. The number of thiophene rings is 1. The number of nitrogens with one attached hydrogen (secondary N) is 2. The number of H-pyrrole nitrogens is 1. The maximum atomic E-state index is 12.4. The largest absolute Gasteiger partial charge is 0.302 e. The molecule has 9 heteroatoms. The van der Waals surface area contributed by atoms with Gasteiger partial charge in [-0.2, -0.15) is 5.10 Å². The van der Waals surface area contributed by atoms with Gasteiger partial charge < -0.3 is 5.32 Å². The van der Waals surface area contributed by atoms with Gasteiger partial charge in [0, 0.05) is 17.8 Å². The Morgan fingerprint density at radius 2 is 2.42 bits per heavy atom. The molecule has 0 radical (unpaired) electrons. The highest BCUT2D eigenvalue weighted by molar-refractivity contribution is 7.71. The molecular formula is C17H19N5OS3. The SMILES string of the molecule is CC1CCc2nc(NC(=O)CCn3c(-c4cccs4)n[nH]c3=S)sc2C1. The van der Waals surface area contributed by atoms with Crippen molar-refractivity contribution in [1.29, 1.82) is 0 Å². The highest BCUT2D eigenvalue weighted by Gasteiger charge is 2.20. The molecule has 0 fully saturated rings. The fraction of sp³-hybridized carbons (Fsp3) is 0.412. The van der Waals surface area contributed by atoms with Crippen molar-refractivity contribution >= 4 is 45.9 Å². The summed E-state index contributed by atoms with van der Waals surface area (Å²) in [5, 5.41) is 12.8. The Balaban J connectivity index is 1.41. The number of amides is 1. The molecular weight excluding hydrogens is 386 g/mol. The van der Waals surface area contributed by atoms with Gasteiger partial charge in [-0.15, -0.1) is 22.7 Å². The Hall–Kier alpha value is -1.84. The van der Waals surface area contributed by atoms with Crippen LogP contribution in [0.1, 0.15) is 30.3 Å². The molecule has 6 nitrogen and oxygen atoms in total. The second kappa shape index (κ2) is 7.42. The summed E-state index contributed by atoms with van der Waals surface area (Å²) in [4.78, 5) is 19.3. The van der Waals surface area contributed by atoms with E-state index >= 15 is 0 Å². The van der Waals surface area contributed by atoms with Crippen molar-refractivity contribution in [2.24, 2.45) is 5.92 Å². The summed E-state index contributed by atoms with van der Waals surface area (Å²) in [6, 6.07) is 3.97. The minimum absolute atomic E-state index is 0.0515. The van der Waals surface area contributed by atoms with Crippen molar-refractivity contribution in [2.75, 3.05) is 5.32 Å². The summed E-state index contributed by atoms with van der Waals surface area (Å²) < 4.78 is 2.40. The van der Waals surface area contributed by atoms with Gasteiger partial charge in [-0.05, 0) is 48.8 Å². The molecule has 0 spiro atoms. The number of hydrogen-bond acceptors (Lipinski definition) is 6. The lowest BCUT2D eigenvalue weighted by molar-refractivity contribution is -0.116. The lowest BCUT2D eigenvalue weighted by Crippen LogP contribution is -2.15. The van der Waals surface area contributed by atoms with Crippen LogP contribution in [0.15, 0.2) is 17.5 Å². The molecule has 0 saturated carbocycles. The van der Waals surface area contributed by atoms with E-state index in [4.69, 9.17) is 12.2 Å².